The number of carbonyl (C=O) groups excluding carboxylic acids is 1. The van der Waals surface area contributed by atoms with Crippen LogP contribution in [0.5, 0.6) is 0 Å². The molecule has 2 aliphatic rings. The van der Waals surface area contributed by atoms with Crippen LogP contribution in [0.25, 0.3) is 0 Å². The third-order valence-corrected chi connectivity index (χ3v) is 4.56. The molecule has 1 saturated heterocycles. The van der Waals surface area contributed by atoms with Gasteiger partial charge in [-0.15, -0.1) is 0 Å². The van der Waals surface area contributed by atoms with E-state index < -0.39 is 17.3 Å². The van der Waals surface area contributed by atoms with E-state index >= 15 is 0 Å². The van der Waals surface area contributed by atoms with Crippen molar-refractivity contribution in [3.63, 3.8) is 0 Å². The van der Waals surface area contributed by atoms with E-state index in [-0.39, 0.29) is 17.9 Å². The normalized spacial score (nSPS) is 30.8. The second-order valence-corrected chi connectivity index (χ2v) is 6.05. The molecule has 2 N–H and O–H groups in total. The Hall–Kier alpha value is -1.10. The van der Waals surface area contributed by atoms with Crippen LogP contribution in [0.4, 0.5) is 0 Å². The molecule has 1 aliphatic carbocycles. The van der Waals surface area contributed by atoms with Crippen LogP contribution < -0.4 is 5.32 Å². The summed E-state index contributed by atoms with van der Waals surface area (Å²) in [6, 6.07) is 0.254. The zero-order valence-corrected chi connectivity index (χ0v) is 11.3. The number of nitrogens with zero attached hydrogens (tertiary/aromatic N) is 1. The molecule has 0 radical (unpaired) electrons. The number of hydrogen-bond donors (Lipinski definition) is 2. The van der Waals surface area contributed by atoms with E-state index in [0.717, 1.165) is 25.9 Å². The van der Waals surface area contributed by atoms with Gasteiger partial charge in [0.1, 0.15) is 0 Å². The van der Waals surface area contributed by atoms with Crippen molar-refractivity contribution in [1.82, 2.24) is 10.2 Å². The summed E-state index contributed by atoms with van der Waals surface area (Å²) >= 11 is 0. The summed E-state index contributed by atoms with van der Waals surface area (Å²) in [5, 5.41) is 12.4. The number of carboxylic acids is 1. The van der Waals surface area contributed by atoms with Crippen molar-refractivity contribution in [2.24, 2.45) is 17.3 Å². The monoisotopic (exact) mass is 254 g/mol. The molecular weight excluding hydrogens is 232 g/mol. The summed E-state index contributed by atoms with van der Waals surface area (Å²) in [6.45, 7) is 5.59. The summed E-state index contributed by atoms with van der Waals surface area (Å²) in [7, 11) is 1.81. The van der Waals surface area contributed by atoms with Gasteiger partial charge in [-0.2, -0.15) is 0 Å². The lowest BCUT2D eigenvalue weighted by atomic mass is 10.0. The Bertz CT molecular complexity index is 361. The van der Waals surface area contributed by atoms with Gasteiger partial charge in [0.05, 0.1) is 11.8 Å². The van der Waals surface area contributed by atoms with Crippen molar-refractivity contribution >= 4 is 11.9 Å². The maximum Gasteiger partial charge on any atom is 0.307 e. The molecule has 2 rings (SSSR count). The highest BCUT2D eigenvalue weighted by molar-refractivity contribution is 5.91. The first-order chi connectivity index (χ1) is 8.37. The van der Waals surface area contributed by atoms with Crippen LogP contribution in [0.1, 0.15) is 26.7 Å². The molecule has 1 heterocycles. The standard InChI is InChI=1S/C13H22N2O3/c1-13(2)9(10(13)12(17)18)11(16)15(3)8-4-6-14-7-5-8/h8-10,14H,4-7H2,1-3H3,(H,17,18). The molecule has 1 saturated carbocycles. The van der Waals surface area contributed by atoms with Crippen LogP contribution in [0.3, 0.4) is 0 Å². The topological polar surface area (TPSA) is 69.6 Å². The van der Waals surface area contributed by atoms with Gasteiger partial charge in [0, 0.05) is 13.1 Å². The molecule has 102 valence electrons. The minimum Gasteiger partial charge on any atom is -0.481 e. The smallest absolute Gasteiger partial charge is 0.307 e. The molecule has 0 aromatic heterocycles. The number of piperidine rings is 1. The van der Waals surface area contributed by atoms with Gasteiger partial charge in [0.15, 0.2) is 0 Å². The van der Waals surface area contributed by atoms with Gasteiger partial charge in [-0.05, 0) is 31.3 Å². The average Bonchev–Trinajstić information content (AvgIpc) is 2.92. The van der Waals surface area contributed by atoms with Crippen molar-refractivity contribution in [1.29, 1.82) is 0 Å². The predicted molar refractivity (Wildman–Crippen MR) is 67.1 cm³/mol. The summed E-state index contributed by atoms with van der Waals surface area (Å²) < 4.78 is 0. The lowest BCUT2D eigenvalue weighted by Gasteiger charge is -2.32. The molecule has 2 fully saturated rings. The second-order valence-electron chi connectivity index (χ2n) is 6.05. The van der Waals surface area contributed by atoms with E-state index in [2.05, 4.69) is 5.32 Å². The SMILES string of the molecule is CN(C(=O)C1C(C(=O)O)C1(C)C)C1CCNCC1. The molecule has 0 aromatic carbocycles. The molecule has 0 spiro atoms. The van der Waals surface area contributed by atoms with Crippen LogP contribution in [0.15, 0.2) is 0 Å². The third kappa shape index (κ3) is 2.11. The Morgan fingerprint density at radius 1 is 1.22 bits per heavy atom. The zero-order chi connectivity index (χ0) is 13.5. The van der Waals surface area contributed by atoms with Gasteiger partial charge in [-0.1, -0.05) is 13.8 Å². The highest BCUT2D eigenvalue weighted by Gasteiger charge is 2.66. The highest BCUT2D eigenvalue weighted by Crippen LogP contribution is 2.59. The van der Waals surface area contributed by atoms with Crippen molar-refractivity contribution in [3.8, 4) is 0 Å². The van der Waals surface area contributed by atoms with Crippen LogP contribution in [0, 0.1) is 17.3 Å². The van der Waals surface area contributed by atoms with Crippen molar-refractivity contribution in [2.45, 2.75) is 32.7 Å². The summed E-state index contributed by atoms with van der Waals surface area (Å²) in [6.07, 6.45) is 1.90. The second kappa shape index (κ2) is 4.53. The molecule has 18 heavy (non-hydrogen) atoms. The van der Waals surface area contributed by atoms with Crippen LogP contribution in [0.2, 0.25) is 0 Å². The van der Waals surface area contributed by atoms with Crippen molar-refractivity contribution < 1.29 is 14.7 Å². The molecule has 2 atom stereocenters. The zero-order valence-electron chi connectivity index (χ0n) is 11.3. The summed E-state index contributed by atoms with van der Waals surface area (Å²) in [5.41, 5.74) is -0.399. The Morgan fingerprint density at radius 3 is 2.22 bits per heavy atom. The first-order valence-corrected chi connectivity index (χ1v) is 6.57. The molecule has 0 bridgehead atoms. The van der Waals surface area contributed by atoms with Crippen molar-refractivity contribution in [2.75, 3.05) is 20.1 Å². The fourth-order valence-electron chi connectivity index (χ4n) is 3.15. The average molecular weight is 254 g/mol. The molecule has 0 aromatic rings. The highest BCUT2D eigenvalue weighted by atomic mass is 16.4. The van der Waals surface area contributed by atoms with Crippen LogP contribution >= 0.6 is 0 Å². The van der Waals surface area contributed by atoms with Crippen LogP contribution in [-0.2, 0) is 9.59 Å². The molecular formula is C13H22N2O3. The van der Waals surface area contributed by atoms with Gasteiger partial charge in [-0.25, -0.2) is 0 Å². The molecule has 2 unspecified atom stereocenters. The molecule has 5 nitrogen and oxygen atoms in total. The summed E-state index contributed by atoms with van der Waals surface area (Å²) in [4.78, 5) is 25.3. The number of hydrogen-bond acceptors (Lipinski definition) is 3. The summed E-state index contributed by atoms with van der Waals surface area (Å²) in [5.74, 6) is -1.72. The lowest BCUT2D eigenvalue weighted by molar-refractivity contribution is -0.142. The number of nitrogens with one attached hydrogen (secondary N) is 1. The van der Waals surface area contributed by atoms with E-state index in [1.807, 2.05) is 20.9 Å². The van der Waals surface area contributed by atoms with Gasteiger partial charge in [0.2, 0.25) is 5.91 Å². The van der Waals surface area contributed by atoms with Gasteiger partial charge in [-0.3, -0.25) is 9.59 Å². The van der Waals surface area contributed by atoms with E-state index in [0.29, 0.717) is 0 Å². The number of carboxylic acid groups (broad SMARTS) is 1. The lowest BCUT2D eigenvalue weighted by Crippen LogP contribution is -2.45. The van der Waals surface area contributed by atoms with E-state index in [1.165, 1.54) is 0 Å². The molecule has 1 amide bonds. The van der Waals surface area contributed by atoms with Gasteiger partial charge in [0.25, 0.3) is 0 Å². The Labute approximate surface area is 108 Å². The minimum atomic E-state index is -0.850. The van der Waals surface area contributed by atoms with Crippen molar-refractivity contribution in [3.05, 3.63) is 0 Å². The largest absolute Gasteiger partial charge is 0.481 e. The molecule has 1 aliphatic heterocycles. The number of amides is 1. The number of aliphatic carboxylic acids is 1. The first kappa shape index (κ1) is 13.3. The van der Waals surface area contributed by atoms with Gasteiger partial charge < -0.3 is 15.3 Å². The minimum absolute atomic E-state index is 0.000648. The Balaban J connectivity index is 2.01. The third-order valence-electron chi connectivity index (χ3n) is 4.56. The van der Waals surface area contributed by atoms with Crippen LogP contribution in [-0.4, -0.2) is 48.1 Å². The van der Waals surface area contributed by atoms with E-state index in [1.54, 1.807) is 4.90 Å². The Morgan fingerprint density at radius 2 is 1.78 bits per heavy atom. The maximum absolute atomic E-state index is 12.4. The molecule has 5 heteroatoms. The van der Waals surface area contributed by atoms with Gasteiger partial charge >= 0.3 is 5.97 Å². The Kier molecular flexibility index (Phi) is 3.36. The first-order valence-electron chi connectivity index (χ1n) is 6.57. The number of rotatable bonds is 3. The maximum atomic E-state index is 12.4. The van der Waals surface area contributed by atoms with E-state index in [9.17, 15) is 9.59 Å². The quantitative estimate of drug-likeness (QED) is 0.772. The fourth-order valence-corrected chi connectivity index (χ4v) is 3.15. The number of carbonyl (C=O) groups is 2. The van der Waals surface area contributed by atoms with E-state index in [4.69, 9.17) is 5.11 Å². The predicted octanol–water partition coefficient (Wildman–Crippen LogP) is 0.554. The fraction of sp³-hybridized carbons (Fsp3) is 0.846.